The first kappa shape index (κ1) is 81.7. The van der Waals surface area contributed by atoms with Crippen molar-refractivity contribution in [2.24, 2.45) is 16.8 Å². The van der Waals surface area contributed by atoms with E-state index in [0.29, 0.717) is 158 Å². The van der Waals surface area contributed by atoms with Gasteiger partial charge in [0.05, 0.1) is 174 Å². The molecule has 2 fully saturated rings. The number of carbonyl (C=O) groups is 9. The lowest BCUT2D eigenvalue weighted by Crippen LogP contribution is -2.50. The van der Waals surface area contributed by atoms with Gasteiger partial charge in [-0.3, -0.25) is 48.2 Å². The fourth-order valence-electron chi connectivity index (χ4n) is 12.0. The number of anilines is 1. The van der Waals surface area contributed by atoms with Gasteiger partial charge >= 0.3 is 6.09 Å². The Balaban J connectivity index is 0.654. The first-order chi connectivity index (χ1) is 50.7. The van der Waals surface area contributed by atoms with Gasteiger partial charge in [0, 0.05) is 94.7 Å². The SMILES string of the molecule is C=C1C[C@H]2C=Nc3cc(OCCCOc4cc5c(cc4OC)C(=O)N4CC(=C)C[C@H]4C(O)N5C(=O)OCc4ccc(CC(=O)[C@H](C)NC(=O)[C@@H](CC(=O)CCOCCOCCOCCOCCOCCOCCOCCOCCNC(=O)CCN5C(=O)C=CC5=O)C(C)C)cc4)c(OC)cc3C(=O)N2C1. The van der Waals surface area contributed by atoms with E-state index in [1.165, 1.54) is 43.4 Å². The van der Waals surface area contributed by atoms with E-state index in [4.69, 9.17) is 61.6 Å². The summed E-state index contributed by atoms with van der Waals surface area (Å²) < 4.78 is 73.6. The number of ketones is 2. The quantitative estimate of drug-likeness (QED) is 0.0377. The summed E-state index contributed by atoms with van der Waals surface area (Å²) in [6.45, 7) is 20.0. The lowest BCUT2D eigenvalue weighted by molar-refractivity contribution is -0.137. The molecule has 0 saturated carbocycles. The highest BCUT2D eigenvalue weighted by atomic mass is 16.6. The van der Waals surface area contributed by atoms with E-state index in [9.17, 15) is 48.3 Å². The third kappa shape index (κ3) is 24.5. The maximum Gasteiger partial charge on any atom is 0.416 e. The molecule has 1 unspecified atom stereocenters. The molecule has 30 nitrogen and oxygen atoms in total. The van der Waals surface area contributed by atoms with Crippen molar-refractivity contribution in [3.05, 3.63) is 107 Å². The van der Waals surface area contributed by atoms with Gasteiger partial charge in [0.15, 0.2) is 35.0 Å². The molecule has 0 spiro atoms. The van der Waals surface area contributed by atoms with E-state index in [0.717, 1.165) is 15.4 Å². The minimum Gasteiger partial charge on any atom is -0.493 e. The predicted octanol–water partition coefficient (Wildman–Crippen LogP) is 5.09. The van der Waals surface area contributed by atoms with Crippen molar-refractivity contribution in [2.75, 3.05) is 164 Å². The Morgan fingerprint density at radius 3 is 1.70 bits per heavy atom. The van der Waals surface area contributed by atoms with Crippen molar-refractivity contribution in [1.29, 1.82) is 0 Å². The standard InChI is InChI=1S/C75H99N7O23/c1-49(2)57(40-56(83)16-21-95-23-25-97-27-29-99-31-33-101-35-36-102-34-32-100-30-28-98-26-24-96-22-17-76-68(85)15-18-79-69(86)13-14-70(79)87)71(88)78-52(5)63(84)39-53-9-11-54(12-10-53)48-105-75(92)82-61-44-67(65(94-7)42-59(61)73(90)81-47-51(4)38-62(81)74(82)91)104-20-8-19-103-66-43-60-58(41-64(66)93-6)72(89)80-46-50(3)37-55(80)45-77-60/h9-14,41-45,49,52,55,57,62,74,91H,3-4,8,15-40,46-48H2,1-2,5-7H3,(H,76,85)(H,78,88)/t52-,55-,57-,62-,74?/m0/s1. The van der Waals surface area contributed by atoms with Crippen molar-refractivity contribution in [3.63, 3.8) is 0 Å². The summed E-state index contributed by atoms with van der Waals surface area (Å²) in [5.41, 5.74) is 3.82. The molecule has 3 aromatic rings. The van der Waals surface area contributed by atoms with Gasteiger partial charge in [0.25, 0.3) is 23.6 Å². The van der Waals surface area contributed by atoms with Crippen molar-refractivity contribution >= 4 is 70.7 Å². The lowest BCUT2D eigenvalue weighted by Gasteiger charge is -2.31. The van der Waals surface area contributed by atoms with E-state index in [1.807, 2.05) is 13.8 Å². The molecule has 0 bridgehead atoms. The van der Waals surface area contributed by atoms with Gasteiger partial charge in [0.2, 0.25) is 11.8 Å². The van der Waals surface area contributed by atoms with Crippen molar-refractivity contribution < 1.29 is 110 Å². The van der Waals surface area contributed by atoms with Crippen LogP contribution in [-0.2, 0) is 84.4 Å². The minimum absolute atomic E-state index is 0.0184. The summed E-state index contributed by atoms with van der Waals surface area (Å²) in [5.74, 6) is -2.28. The number of methoxy groups -OCH3 is 2. The molecule has 5 aliphatic rings. The summed E-state index contributed by atoms with van der Waals surface area (Å²) in [5, 5.41) is 17.4. The highest BCUT2D eigenvalue weighted by Crippen LogP contribution is 2.43. The number of rotatable bonds is 48. The number of hydrogen-bond acceptors (Lipinski definition) is 24. The second kappa shape index (κ2) is 42.2. The van der Waals surface area contributed by atoms with Gasteiger partial charge < -0.3 is 87.1 Å². The number of hydrogen-bond donors (Lipinski definition) is 3. The van der Waals surface area contributed by atoms with Crippen LogP contribution in [0.4, 0.5) is 16.2 Å². The monoisotopic (exact) mass is 1470 g/mol. The molecule has 5 heterocycles. The number of aliphatic imine (C=N–C) groups is 1. The Hall–Kier alpha value is -8.98. The number of nitrogens with zero attached hydrogens (tertiary/aromatic N) is 5. The molecule has 8 rings (SSSR count). The third-order valence-corrected chi connectivity index (χ3v) is 17.7. The molecule has 0 radical (unpaired) electrons. The largest absolute Gasteiger partial charge is 0.493 e. The number of amides is 7. The van der Waals surface area contributed by atoms with Crippen LogP contribution in [0.1, 0.15) is 91.1 Å². The molecule has 5 aliphatic heterocycles. The molecule has 3 aromatic carbocycles. The van der Waals surface area contributed by atoms with Gasteiger partial charge in [-0.15, -0.1) is 0 Å². The number of fused-ring (bicyclic) bond motifs is 4. The molecule has 0 aromatic heterocycles. The zero-order valence-electron chi connectivity index (χ0n) is 60.6. The van der Waals surface area contributed by atoms with Gasteiger partial charge in [-0.05, 0) is 48.9 Å². The molecule has 572 valence electrons. The van der Waals surface area contributed by atoms with Crippen LogP contribution in [0.5, 0.6) is 23.0 Å². The second-order valence-corrected chi connectivity index (χ2v) is 25.8. The molecule has 30 heteroatoms. The van der Waals surface area contributed by atoms with Crippen LogP contribution >= 0.6 is 0 Å². The van der Waals surface area contributed by atoms with Crippen molar-refractivity contribution in [3.8, 4) is 23.0 Å². The minimum atomic E-state index is -1.54. The first-order valence-electron chi connectivity index (χ1n) is 35.4. The van der Waals surface area contributed by atoms with Crippen LogP contribution in [0.15, 0.2) is 90.0 Å². The summed E-state index contributed by atoms with van der Waals surface area (Å²) in [6, 6.07) is 11.2. The Morgan fingerprint density at radius 2 is 1.12 bits per heavy atom. The number of benzene rings is 3. The Bertz CT molecular complexity index is 3550. The molecular weight excluding hydrogens is 1370 g/mol. The van der Waals surface area contributed by atoms with Crippen LogP contribution in [0.2, 0.25) is 0 Å². The highest BCUT2D eigenvalue weighted by Gasteiger charge is 2.47. The Morgan fingerprint density at radius 1 is 0.610 bits per heavy atom. The number of carbonyl (C=O) groups excluding carboxylic acids is 9. The first-order valence-corrected chi connectivity index (χ1v) is 35.4. The summed E-state index contributed by atoms with van der Waals surface area (Å²) in [6.07, 6.45) is 2.95. The molecule has 0 aliphatic carbocycles. The van der Waals surface area contributed by atoms with Gasteiger partial charge in [0.1, 0.15) is 12.4 Å². The zero-order valence-corrected chi connectivity index (χ0v) is 60.6. The van der Waals surface area contributed by atoms with Gasteiger partial charge in [-0.25, -0.2) is 9.69 Å². The van der Waals surface area contributed by atoms with E-state index >= 15 is 0 Å². The predicted molar refractivity (Wildman–Crippen MR) is 381 cm³/mol. The summed E-state index contributed by atoms with van der Waals surface area (Å²) in [7, 11) is 2.91. The van der Waals surface area contributed by atoms with Gasteiger partial charge in [-0.2, -0.15) is 0 Å². The second-order valence-electron chi connectivity index (χ2n) is 25.8. The van der Waals surface area contributed by atoms with Crippen LogP contribution in [0.3, 0.4) is 0 Å². The van der Waals surface area contributed by atoms with Crippen molar-refractivity contribution in [2.45, 2.75) is 96.7 Å². The Labute approximate surface area is 611 Å². The van der Waals surface area contributed by atoms with Crippen molar-refractivity contribution in [1.82, 2.24) is 25.3 Å². The van der Waals surface area contributed by atoms with Crippen LogP contribution in [0.25, 0.3) is 0 Å². The number of nitrogens with one attached hydrogen (secondary N) is 2. The normalized spacial score (nSPS) is 17.3. The summed E-state index contributed by atoms with van der Waals surface area (Å²) >= 11 is 0. The number of imide groups is 1. The maximum absolute atomic E-state index is 14.3. The average Bonchev–Trinajstić information content (AvgIpc) is 1.63. The van der Waals surface area contributed by atoms with Gasteiger partial charge in [-0.1, -0.05) is 62.4 Å². The molecule has 2 saturated heterocycles. The number of ether oxygens (including phenoxy) is 13. The fourth-order valence-corrected chi connectivity index (χ4v) is 12.0. The van der Waals surface area contributed by atoms with E-state index < -0.39 is 54.0 Å². The van der Waals surface area contributed by atoms with E-state index in [1.54, 1.807) is 54.4 Å². The highest BCUT2D eigenvalue weighted by molar-refractivity contribution is 6.13. The van der Waals surface area contributed by atoms with E-state index in [2.05, 4.69) is 28.8 Å². The van der Waals surface area contributed by atoms with Crippen LogP contribution in [0, 0.1) is 11.8 Å². The Kier molecular flexibility index (Phi) is 32.9. The number of Topliss-reactive ketones (excluding diaryl/α,β-unsaturated/α-hetero) is 2. The summed E-state index contributed by atoms with van der Waals surface area (Å²) in [4.78, 5) is 127. The molecule has 3 N–H and O–H groups in total. The maximum atomic E-state index is 14.3. The molecular formula is C75H99N7O23. The number of aliphatic hydroxyl groups excluding tert-OH is 1. The average molecular weight is 1470 g/mol. The molecule has 105 heavy (non-hydrogen) atoms. The topological polar surface area (TPSA) is 343 Å². The zero-order chi connectivity index (χ0) is 75.2. The van der Waals surface area contributed by atoms with Crippen LogP contribution < -0.4 is 34.5 Å². The smallest absolute Gasteiger partial charge is 0.416 e. The van der Waals surface area contributed by atoms with Crippen LogP contribution in [-0.4, -0.2) is 263 Å². The molecule has 5 atom stereocenters. The lowest BCUT2D eigenvalue weighted by atomic mass is 9.88. The third-order valence-electron chi connectivity index (χ3n) is 17.7. The fraction of sp³-hybridized carbons (Fsp3) is 0.547. The number of aliphatic hydroxyl groups is 1. The van der Waals surface area contributed by atoms with E-state index in [-0.39, 0.29) is 136 Å². The molecule has 7 amide bonds.